The lowest BCUT2D eigenvalue weighted by Crippen LogP contribution is -2.30. The Morgan fingerprint density at radius 3 is 2.61 bits per heavy atom. The quantitative estimate of drug-likeness (QED) is 0.157. The molecule has 2 atom stereocenters. The number of amides is 2. The number of hydrogen-bond donors (Lipinski definition) is 2. The molecule has 0 bridgehead atoms. The molecule has 0 aliphatic heterocycles. The van der Waals surface area contributed by atoms with E-state index in [2.05, 4.69) is 15.3 Å². The molecule has 0 spiro atoms. The molecule has 0 aromatic heterocycles. The third kappa shape index (κ3) is 13.7. The van der Waals surface area contributed by atoms with E-state index in [4.69, 9.17) is 10.5 Å². The normalized spacial score (nSPS) is 12.0. The summed E-state index contributed by atoms with van der Waals surface area (Å²) in [5.41, 5.74) is 5.15. The lowest BCUT2D eigenvalue weighted by Gasteiger charge is -2.11. The van der Waals surface area contributed by atoms with Gasteiger partial charge in [0, 0.05) is 23.8 Å². The summed E-state index contributed by atoms with van der Waals surface area (Å²) in [6.45, 7) is 2.11. The lowest BCUT2D eigenvalue weighted by atomic mass is 10.1. The number of nitrogens with zero attached hydrogens (tertiary/aromatic N) is 2. The Bertz CT molecular complexity index is 602. The largest absolute Gasteiger partial charge is 0.462 e. The minimum absolute atomic E-state index is 0.0449. The Morgan fingerprint density at radius 2 is 1.96 bits per heavy atom. The first-order chi connectivity index (χ1) is 13.4. The van der Waals surface area contributed by atoms with Gasteiger partial charge in [0.15, 0.2) is 6.04 Å². The van der Waals surface area contributed by atoms with Gasteiger partial charge in [0.05, 0.1) is 13.1 Å². The molecular weight excluding hydrogens is 388 g/mol. The topological polar surface area (TPSA) is 157 Å². The van der Waals surface area contributed by atoms with Gasteiger partial charge in [-0.15, -0.1) is 0 Å². The molecule has 0 aromatic carbocycles. The number of carbonyl (C=O) groups excluding carboxylic acids is 5. The molecule has 0 fully saturated rings. The van der Waals surface area contributed by atoms with Crippen molar-refractivity contribution in [1.29, 1.82) is 0 Å². The van der Waals surface area contributed by atoms with E-state index in [0.29, 0.717) is 30.9 Å². The highest BCUT2D eigenvalue weighted by atomic mass is 32.2. The molecule has 3 N–H and O–H groups in total. The summed E-state index contributed by atoms with van der Waals surface area (Å²) in [5.74, 6) is -0.382. The first kappa shape index (κ1) is 25.5. The Morgan fingerprint density at radius 1 is 1.21 bits per heavy atom. The highest BCUT2D eigenvalue weighted by Crippen LogP contribution is 2.09. The summed E-state index contributed by atoms with van der Waals surface area (Å²) in [6, 6.07) is -0.961. The molecule has 156 valence electrons. The van der Waals surface area contributed by atoms with E-state index in [-0.39, 0.29) is 43.7 Å². The second-order valence-corrected chi connectivity index (χ2v) is 7.00. The third-order valence-corrected chi connectivity index (χ3v) is 4.77. The Balaban J connectivity index is 3.94. The average molecular weight is 414 g/mol. The molecule has 0 heterocycles. The van der Waals surface area contributed by atoms with Gasteiger partial charge in [0.25, 0.3) is 0 Å². The van der Waals surface area contributed by atoms with E-state index in [1.165, 1.54) is 23.9 Å². The van der Waals surface area contributed by atoms with Gasteiger partial charge in [-0.25, -0.2) is 19.4 Å². The summed E-state index contributed by atoms with van der Waals surface area (Å²) >= 11 is 1.46. The van der Waals surface area contributed by atoms with Crippen molar-refractivity contribution in [1.82, 2.24) is 5.32 Å². The predicted molar refractivity (Wildman–Crippen MR) is 103 cm³/mol. The number of esters is 1. The minimum Gasteiger partial charge on any atom is -0.462 e. The van der Waals surface area contributed by atoms with Crippen LogP contribution in [0, 0.1) is 5.92 Å². The Labute approximate surface area is 167 Å². The van der Waals surface area contributed by atoms with Gasteiger partial charge >= 0.3 is 5.97 Å². The number of hydrogen-bond acceptors (Lipinski definition) is 9. The second-order valence-electron chi connectivity index (χ2n) is 5.85. The number of aliphatic imine (C=N–C) groups is 2. The van der Waals surface area contributed by atoms with Crippen molar-refractivity contribution in [2.75, 3.05) is 31.2 Å². The van der Waals surface area contributed by atoms with Crippen molar-refractivity contribution in [3.05, 3.63) is 0 Å². The Hall–Kier alpha value is -2.48. The highest BCUT2D eigenvalue weighted by molar-refractivity contribution is 7.99. The van der Waals surface area contributed by atoms with Crippen molar-refractivity contribution in [3.8, 4) is 0 Å². The van der Waals surface area contributed by atoms with Crippen molar-refractivity contribution in [2.24, 2.45) is 21.6 Å². The summed E-state index contributed by atoms with van der Waals surface area (Å²) in [5, 5.41) is 2.61. The van der Waals surface area contributed by atoms with Crippen LogP contribution >= 0.6 is 11.8 Å². The van der Waals surface area contributed by atoms with Gasteiger partial charge in [-0.2, -0.15) is 16.8 Å². The molecule has 2 amide bonds. The third-order valence-electron chi connectivity index (χ3n) is 3.54. The van der Waals surface area contributed by atoms with Crippen LogP contribution in [-0.4, -0.2) is 67.2 Å². The Kier molecular flexibility index (Phi) is 15.2. The van der Waals surface area contributed by atoms with Gasteiger partial charge in [0.2, 0.25) is 24.0 Å². The van der Waals surface area contributed by atoms with E-state index >= 15 is 0 Å². The van der Waals surface area contributed by atoms with Gasteiger partial charge in [-0.05, 0) is 19.3 Å². The molecular formula is C17H26N4O6S. The molecule has 0 rings (SSSR count). The predicted octanol–water partition coefficient (Wildman–Crippen LogP) is 0.101. The van der Waals surface area contributed by atoms with Gasteiger partial charge in [-0.1, -0.05) is 6.92 Å². The molecule has 2 unspecified atom stereocenters. The number of thioether (sulfide) groups is 1. The zero-order valence-corrected chi connectivity index (χ0v) is 16.7. The van der Waals surface area contributed by atoms with Crippen molar-refractivity contribution in [2.45, 2.75) is 38.6 Å². The van der Waals surface area contributed by atoms with Gasteiger partial charge in [0.1, 0.15) is 6.61 Å². The number of unbranched alkanes of at least 4 members (excludes halogenated alkanes) is 1. The fourth-order valence-corrected chi connectivity index (χ4v) is 2.92. The number of rotatable bonds is 16. The second kappa shape index (κ2) is 16.7. The summed E-state index contributed by atoms with van der Waals surface area (Å²) in [6.07, 6.45) is 4.38. The molecule has 28 heavy (non-hydrogen) atoms. The number of nitrogens with one attached hydrogen (secondary N) is 1. The van der Waals surface area contributed by atoms with Crippen LogP contribution in [0.3, 0.4) is 0 Å². The van der Waals surface area contributed by atoms with Crippen molar-refractivity contribution >= 4 is 41.7 Å². The van der Waals surface area contributed by atoms with Crippen LogP contribution in [-0.2, 0) is 28.7 Å². The van der Waals surface area contributed by atoms with E-state index in [1.54, 1.807) is 6.92 Å². The van der Waals surface area contributed by atoms with E-state index in [0.717, 1.165) is 0 Å². The fourth-order valence-electron chi connectivity index (χ4n) is 1.91. The van der Waals surface area contributed by atoms with E-state index in [9.17, 15) is 24.0 Å². The lowest BCUT2D eigenvalue weighted by molar-refractivity contribution is -0.145. The smallest absolute Gasteiger partial charge is 0.331 e. The minimum atomic E-state index is -0.961. The number of nitrogens with two attached hydrogens (primary N) is 1. The highest BCUT2D eigenvalue weighted by Gasteiger charge is 2.18. The van der Waals surface area contributed by atoms with E-state index < -0.39 is 12.0 Å². The summed E-state index contributed by atoms with van der Waals surface area (Å²) in [7, 11) is 0. The zero-order valence-electron chi connectivity index (χ0n) is 15.8. The van der Waals surface area contributed by atoms with Crippen molar-refractivity contribution < 1.29 is 28.7 Å². The number of ether oxygens (including phenoxy) is 1. The number of carbonyl (C=O) groups is 3. The molecule has 0 saturated carbocycles. The van der Waals surface area contributed by atoms with Crippen LogP contribution in [0.25, 0.3) is 0 Å². The molecule has 10 nitrogen and oxygen atoms in total. The molecule has 11 heteroatoms. The number of isocyanates is 2. The van der Waals surface area contributed by atoms with Crippen LogP contribution in [0.2, 0.25) is 0 Å². The summed E-state index contributed by atoms with van der Waals surface area (Å²) < 4.78 is 5.00. The molecule has 0 aromatic rings. The first-order valence-corrected chi connectivity index (χ1v) is 9.98. The molecule has 0 saturated heterocycles. The first-order valence-electron chi connectivity index (χ1n) is 8.83. The maximum Gasteiger partial charge on any atom is 0.331 e. The van der Waals surface area contributed by atoms with Crippen LogP contribution in [0.1, 0.15) is 32.6 Å². The molecule has 0 aliphatic carbocycles. The van der Waals surface area contributed by atoms with Crippen LogP contribution in [0.15, 0.2) is 9.98 Å². The van der Waals surface area contributed by atoms with Gasteiger partial charge < -0.3 is 15.8 Å². The molecule has 0 aliphatic rings. The standard InChI is InChI=1S/C17H26N4O6S/c1-13(16(18)25)10-28-9-5-15(24)20-7-8-27-17(26)14(21-12-23)4-2-3-6-19-11-22/h13-14H,2-10H2,1H3,(H2,18,25)(H,20,24). The monoisotopic (exact) mass is 414 g/mol. The zero-order chi connectivity index (χ0) is 21.2. The van der Waals surface area contributed by atoms with Crippen LogP contribution in [0.4, 0.5) is 0 Å². The van der Waals surface area contributed by atoms with Crippen LogP contribution in [0.5, 0.6) is 0 Å². The van der Waals surface area contributed by atoms with Crippen molar-refractivity contribution in [3.63, 3.8) is 0 Å². The summed E-state index contributed by atoms with van der Waals surface area (Å²) in [4.78, 5) is 61.6. The fraction of sp³-hybridized carbons (Fsp3) is 0.706. The maximum atomic E-state index is 11.9. The molecule has 0 radical (unpaired) electrons. The maximum absolute atomic E-state index is 11.9. The number of primary amides is 1. The van der Waals surface area contributed by atoms with Gasteiger partial charge in [-0.3, -0.25) is 9.59 Å². The SMILES string of the molecule is CC(CSCCC(=O)NCCOC(=O)C(CCCCN=C=O)N=C=O)C(N)=O. The van der Waals surface area contributed by atoms with Crippen LogP contribution < -0.4 is 11.1 Å². The average Bonchev–Trinajstić information content (AvgIpc) is 2.67. The van der Waals surface area contributed by atoms with E-state index in [1.807, 2.05) is 0 Å².